The van der Waals surface area contributed by atoms with Crippen molar-refractivity contribution in [2.24, 2.45) is 0 Å². The van der Waals surface area contributed by atoms with E-state index >= 15 is 0 Å². The van der Waals surface area contributed by atoms with Crippen LogP contribution in [0, 0.1) is 0 Å². The lowest BCUT2D eigenvalue weighted by atomic mass is 10.1. The van der Waals surface area contributed by atoms with Gasteiger partial charge in [0, 0.05) is 10.9 Å². The summed E-state index contributed by atoms with van der Waals surface area (Å²) in [6.07, 6.45) is -0.143. The van der Waals surface area contributed by atoms with E-state index in [9.17, 15) is 0 Å². The smallest absolute Gasteiger partial charge is 0.0811 e. The standard InChI is InChI=1S/C9H11BrO2/c10-8-3-1-7(2-4-8)5-9(12)6-11/h1-4,9,11-12H,5-6H2/t9-/m0/s1. The Morgan fingerprint density at radius 1 is 1.25 bits per heavy atom. The fraction of sp³-hybridized carbons (Fsp3) is 0.333. The van der Waals surface area contributed by atoms with Gasteiger partial charge < -0.3 is 10.2 Å². The van der Waals surface area contributed by atoms with Crippen molar-refractivity contribution in [3.8, 4) is 0 Å². The molecule has 0 aliphatic carbocycles. The van der Waals surface area contributed by atoms with Gasteiger partial charge >= 0.3 is 0 Å². The molecule has 0 saturated carbocycles. The highest BCUT2D eigenvalue weighted by molar-refractivity contribution is 9.10. The Bertz CT molecular complexity index is 233. The van der Waals surface area contributed by atoms with E-state index in [1.807, 2.05) is 24.3 Å². The van der Waals surface area contributed by atoms with E-state index in [0.29, 0.717) is 6.42 Å². The summed E-state index contributed by atoms with van der Waals surface area (Å²) >= 11 is 3.32. The average Bonchev–Trinajstić information content (AvgIpc) is 2.09. The first-order chi connectivity index (χ1) is 5.72. The van der Waals surface area contributed by atoms with Crippen LogP contribution < -0.4 is 0 Å². The zero-order valence-electron chi connectivity index (χ0n) is 6.57. The lowest BCUT2D eigenvalue weighted by Gasteiger charge is -2.06. The van der Waals surface area contributed by atoms with Crippen LogP contribution in [0.5, 0.6) is 0 Å². The molecule has 1 aromatic carbocycles. The van der Waals surface area contributed by atoms with Crippen molar-refractivity contribution >= 4 is 15.9 Å². The molecule has 0 fully saturated rings. The SMILES string of the molecule is OC[C@@H](O)Cc1ccc(Br)cc1. The largest absolute Gasteiger partial charge is 0.394 e. The van der Waals surface area contributed by atoms with Crippen LogP contribution in [-0.4, -0.2) is 22.9 Å². The van der Waals surface area contributed by atoms with Crippen LogP contribution in [-0.2, 0) is 6.42 Å². The van der Waals surface area contributed by atoms with Gasteiger partial charge in [0.15, 0.2) is 0 Å². The molecule has 0 aromatic heterocycles. The van der Waals surface area contributed by atoms with Crippen LogP contribution in [0.15, 0.2) is 28.7 Å². The van der Waals surface area contributed by atoms with Crippen LogP contribution in [0.2, 0.25) is 0 Å². The molecule has 0 heterocycles. The van der Waals surface area contributed by atoms with E-state index in [2.05, 4.69) is 15.9 Å². The van der Waals surface area contributed by atoms with Crippen molar-refractivity contribution in [2.75, 3.05) is 6.61 Å². The number of rotatable bonds is 3. The second-order valence-corrected chi connectivity index (χ2v) is 3.58. The molecule has 2 N–H and O–H groups in total. The molecule has 1 rings (SSSR count). The molecule has 0 amide bonds. The first-order valence-electron chi connectivity index (χ1n) is 3.75. The van der Waals surface area contributed by atoms with Gasteiger partial charge in [-0.3, -0.25) is 0 Å². The van der Waals surface area contributed by atoms with Crippen molar-refractivity contribution in [3.63, 3.8) is 0 Å². The maximum atomic E-state index is 9.12. The van der Waals surface area contributed by atoms with Crippen molar-refractivity contribution < 1.29 is 10.2 Å². The van der Waals surface area contributed by atoms with Crippen molar-refractivity contribution in [2.45, 2.75) is 12.5 Å². The van der Waals surface area contributed by atoms with Gasteiger partial charge in [0.2, 0.25) is 0 Å². The third kappa shape index (κ3) is 2.93. The Morgan fingerprint density at radius 2 is 1.83 bits per heavy atom. The first kappa shape index (κ1) is 9.71. The Balaban J connectivity index is 2.58. The molecule has 1 aromatic rings. The number of aliphatic hydroxyl groups is 2. The molecular formula is C9H11BrO2. The number of hydrogen-bond acceptors (Lipinski definition) is 2. The minimum Gasteiger partial charge on any atom is -0.394 e. The average molecular weight is 231 g/mol. The maximum absolute atomic E-state index is 9.12. The zero-order chi connectivity index (χ0) is 8.97. The molecule has 0 saturated heterocycles. The van der Waals surface area contributed by atoms with Crippen LogP contribution in [0.3, 0.4) is 0 Å². The summed E-state index contributed by atoms with van der Waals surface area (Å²) in [6.45, 7) is -0.184. The van der Waals surface area contributed by atoms with Crippen molar-refractivity contribution in [3.05, 3.63) is 34.3 Å². The molecule has 1 atom stereocenters. The summed E-state index contributed by atoms with van der Waals surface area (Å²) in [5.41, 5.74) is 1.03. The molecule has 0 aliphatic heterocycles. The number of aliphatic hydroxyl groups excluding tert-OH is 2. The minimum atomic E-state index is -0.647. The fourth-order valence-electron chi connectivity index (χ4n) is 0.957. The Morgan fingerprint density at radius 3 is 2.33 bits per heavy atom. The van der Waals surface area contributed by atoms with E-state index < -0.39 is 6.10 Å². The third-order valence-corrected chi connectivity index (χ3v) is 2.12. The molecule has 12 heavy (non-hydrogen) atoms. The summed E-state index contributed by atoms with van der Waals surface area (Å²) in [5.74, 6) is 0. The number of halogens is 1. The summed E-state index contributed by atoms with van der Waals surface area (Å²) < 4.78 is 1.02. The molecule has 3 heteroatoms. The molecule has 0 aliphatic rings. The minimum absolute atomic E-state index is 0.184. The van der Waals surface area contributed by atoms with Crippen LogP contribution >= 0.6 is 15.9 Å². The van der Waals surface area contributed by atoms with E-state index in [4.69, 9.17) is 10.2 Å². The van der Waals surface area contributed by atoms with Gasteiger partial charge in [-0.25, -0.2) is 0 Å². The monoisotopic (exact) mass is 230 g/mol. The molecule has 66 valence electrons. The summed E-state index contributed by atoms with van der Waals surface area (Å²) in [6, 6.07) is 7.67. The second-order valence-electron chi connectivity index (χ2n) is 2.67. The predicted octanol–water partition coefficient (Wildman–Crippen LogP) is 1.34. The normalized spacial score (nSPS) is 12.9. The molecule has 0 unspecified atom stereocenters. The van der Waals surface area contributed by atoms with E-state index in [0.717, 1.165) is 10.0 Å². The number of hydrogen-bond donors (Lipinski definition) is 2. The highest BCUT2D eigenvalue weighted by Gasteiger charge is 2.02. The topological polar surface area (TPSA) is 40.5 Å². The third-order valence-electron chi connectivity index (χ3n) is 1.60. The van der Waals surface area contributed by atoms with Gasteiger partial charge in [-0.05, 0) is 17.7 Å². The predicted molar refractivity (Wildman–Crippen MR) is 50.9 cm³/mol. The summed E-state index contributed by atoms with van der Waals surface area (Å²) in [5, 5.41) is 17.7. The van der Waals surface area contributed by atoms with Crippen molar-refractivity contribution in [1.82, 2.24) is 0 Å². The first-order valence-corrected chi connectivity index (χ1v) is 4.55. The van der Waals surface area contributed by atoms with E-state index in [1.54, 1.807) is 0 Å². The quantitative estimate of drug-likeness (QED) is 0.824. The Kier molecular flexibility index (Phi) is 3.72. The zero-order valence-corrected chi connectivity index (χ0v) is 8.16. The molecule has 0 spiro atoms. The molecular weight excluding hydrogens is 220 g/mol. The van der Waals surface area contributed by atoms with Crippen molar-refractivity contribution in [1.29, 1.82) is 0 Å². The molecule has 2 nitrogen and oxygen atoms in total. The Hall–Kier alpha value is -0.380. The van der Waals surface area contributed by atoms with Gasteiger partial charge in [0.05, 0.1) is 12.7 Å². The lowest BCUT2D eigenvalue weighted by Crippen LogP contribution is -2.14. The highest BCUT2D eigenvalue weighted by Crippen LogP contribution is 2.11. The summed E-state index contributed by atoms with van der Waals surface area (Å²) in [7, 11) is 0. The maximum Gasteiger partial charge on any atom is 0.0811 e. The molecule has 0 bridgehead atoms. The van der Waals surface area contributed by atoms with Gasteiger partial charge in [-0.15, -0.1) is 0 Å². The van der Waals surface area contributed by atoms with E-state index in [-0.39, 0.29) is 6.61 Å². The number of benzene rings is 1. The van der Waals surface area contributed by atoms with Gasteiger partial charge in [0.25, 0.3) is 0 Å². The van der Waals surface area contributed by atoms with Crippen LogP contribution in [0.4, 0.5) is 0 Å². The second kappa shape index (κ2) is 4.60. The highest BCUT2D eigenvalue weighted by atomic mass is 79.9. The van der Waals surface area contributed by atoms with Gasteiger partial charge in [0.1, 0.15) is 0 Å². The fourth-order valence-corrected chi connectivity index (χ4v) is 1.22. The Labute approximate surface area is 80.0 Å². The van der Waals surface area contributed by atoms with Crippen LogP contribution in [0.1, 0.15) is 5.56 Å². The molecule has 0 radical (unpaired) electrons. The lowest BCUT2D eigenvalue weighted by molar-refractivity contribution is 0.0955. The van der Waals surface area contributed by atoms with E-state index in [1.165, 1.54) is 0 Å². The van der Waals surface area contributed by atoms with Crippen LogP contribution in [0.25, 0.3) is 0 Å². The van der Waals surface area contributed by atoms with Gasteiger partial charge in [-0.1, -0.05) is 28.1 Å². The summed E-state index contributed by atoms with van der Waals surface area (Å²) in [4.78, 5) is 0. The van der Waals surface area contributed by atoms with Gasteiger partial charge in [-0.2, -0.15) is 0 Å².